The maximum atomic E-state index is 13.3. The van der Waals surface area contributed by atoms with Gasteiger partial charge in [0, 0.05) is 12.8 Å². The normalized spacial score (nSPS) is 19.6. The zero-order valence-electron chi connectivity index (χ0n) is 20.6. The fraction of sp³-hybridized carbons (Fsp3) is 0.143. The standard InChI is InChI=1S/C28H18N4O4S4/c33-23-13-21(39-27-29-17-8-1-3-10-19(17)37-27)25(35)31(23)15-6-5-7-16(12-15)32-24(34)14-22(26(32)36)40-28-30-18-9-2-4-11-20(18)38-28/h1-12,21-22H,13-14H2/t21-,22-/m0/s1. The van der Waals surface area contributed by atoms with Crippen LogP contribution < -0.4 is 9.80 Å². The lowest BCUT2D eigenvalue weighted by molar-refractivity contribution is -0.122. The number of anilines is 2. The van der Waals surface area contributed by atoms with Gasteiger partial charge in [0.25, 0.3) is 0 Å². The van der Waals surface area contributed by atoms with Gasteiger partial charge in [-0.1, -0.05) is 53.9 Å². The van der Waals surface area contributed by atoms with Crippen LogP contribution in [0.25, 0.3) is 20.4 Å². The summed E-state index contributed by atoms with van der Waals surface area (Å²) in [6.45, 7) is 0. The molecule has 0 radical (unpaired) electrons. The summed E-state index contributed by atoms with van der Waals surface area (Å²) in [5.41, 5.74) is 2.39. The van der Waals surface area contributed by atoms with E-state index in [0.717, 1.165) is 38.9 Å². The van der Waals surface area contributed by atoms with E-state index in [2.05, 4.69) is 9.97 Å². The van der Waals surface area contributed by atoms with Gasteiger partial charge in [-0.2, -0.15) is 0 Å². The lowest BCUT2D eigenvalue weighted by Crippen LogP contribution is -2.33. The second-order valence-corrected chi connectivity index (χ2v) is 14.1. The third-order valence-electron chi connectivity index (χ3n) is 6.59. The van der Waals surface area contributed by atoms with E-state index in [4.69, 9.17) is 0 Å². The average molecular weight is 603 g/mol. The molecule has 198 valence electrons. The van der Waals surface area contributed by atoms with Crippen molar-refractivity contribution in [3.8, 4) is 0 Å². The molecule has 0 spiro atoms. The van der Waals surface area contributed by atoms with Crippen molar-refractivity contribution in [2.75, 3.05) is 9.80 Å². The number of benzene rings is 3. The highest BCUT2D eigenvalue weighted by Crippen LogP contribution is 2.40. The Hall–Kier alpha value is -3.58. The van der Waals surface area contributed by atoms with E-state index in [0.29, 0.717) is 11.4 Å². The van der Waals surface area contributed by atoms with Crippen molar-refractivity contribution in [1.82, 2.24) is 9.97 Å². The molecule has 0 bridgehead atoms. The highest BCUT2D eigenvalue weighted by molar-refractivity contribution is 8.02. The van der Waals surface area contributed by atoms with Gasteiger partial charge < -0.3 is 0 Å². The number of fused-ring (bicyclic) bond motifs is 2. The van der Waals surface area contributed by atoms with Gasteiger partial charge in [-0.25, -0.2) is 19.8 Å². The van der Waals surface area contributed by atoms with Crippen molar-refractivity contribution in [2.24, 2.45) is 0 Å². The Labute approximate surface area is 244 Å². The molecular weight excluding hydrogens is 585 g/mol. The molecule has 7 rings (SSSR count). The third-order valence-corrected chi connectivity index (χ3v) is 11.2. The first kappa shape index (κ1) is 25.4. The lowest BCUT2D eigenvalue weighted by Gasteiger charge is -2.19. The van der Waals surface area contributed by atoms with Crippen LogP contribution in [-0.4, -0.2) is 44.1 Å². The van der Waals surface area contributed by atoms with Crippen molar-refractivity contribution < 1.29 is 19.2 Å². The first-order valence-corrected chi connectivity index (χ1v) is 15.7. The van der Waals surface area contributed by atoms with E-state index in [1.54, 1.807) is 24.3 Å². The lowest BCUT2D eigenvalue weighted by atomic mass is 10.2. The molecule has 4 amide bonds. The predicted octanol–water partition coefficient (Wildman–Crippen LogP) is 5.75. The largest absolute Gasteiger partial charge is 0.274 e. The Balaban J connectivity index is 1.09. The Morgan fingerprint density at radius 2 is 1.07 bits per heavy atom. The zero-order chi connectivity index (χ0) is 27.4. The molecule has 2 atom stereocenters. The molecule has 12 heteroatoms. The molecule has 2 aliphatic heterocycles. The molecule has 2 saturated heterocycles. The zero-order valence-corrected chi connectivity index (χ0v) is 23.8. The maximum absolute atomic E-state index is 13.3. The van der Waals surface area contributed by atoms with Crippen LogP contribution in [0.2, 0.25) is 0 Å². The van der Waals surface area contributed by atoms with Crippen LogP contribution in [-0.2, 0) is 19.2 Å². The van der Waals surface area contributed by atoms with Crippen molar-refractivity contribution in [1.29, 1.82) is 0 Å². The molecule has 0 N–H and O–H groups in total. The molecule has 5 aromatic rings. The van der Waals surface area contributed by atoms with Crippen molar-refractivity contribution in [2.45, 2.75) is 32.0 Å². The summed E-state index contributed by atoms with van der Waals surface area (Å²) < 4.78 is 3.50. The summed E-state index contributed by atoms with van der Waals surface area (Å²) in [4.78, 5) is 64.0. The van der Waals surface area contributed by atoms with Crippen LogP contribution in [0.3, 0.4) is 0 Å². The van der Waals surface area contributed by atoms with Crippen LogP contribution in [0.4, 0.5) is 11.4 Å². The number of aromatic nitrogens is 2. The van der Waals surface area contributed by atoms with Crippen LogP contribution in [0, 0.1) is 0 Å². The van der Waals surface area contributed by atoms with Gasteiger partial charge in [-0.15, -0.1) is 22.7 Å². The summed E-state index contributed by atoms with van der Waals surface area (Å²) in [5, 5.41) is -1.19. The van der Waals surface area contributed by atoms with Crippen molar-refractivity contribution >= 4 is 102 Å². The topological polar surface area (TPSA) is 101 Å². The fourth-order valence-electron chi connectivity index (χ4n) is 4.75. The number of carbonyl (C=O) groups is 4. The fourth-order valence-corrected chi connectivity index (χ4v) is 9.42. The highest BCUT2D eigenvalue weighted by atomic mass is 32.2. The number of hydrogen-bond acceptors (Lipinski definition) is 10. The molecule has 0 unspecified atom stereocenters. The number of nitrogens with zero attached hydrogens (tertiary/aromatic N) is 4. The highest BCUT2D eigenvalue weighted by Gasteiger charge is 2.43. The molecule has 40 heavy (non-hydrogen) atoms. The van der Waals surface area contributed by atoms with Gasteiger partial charge in [-0.3, -0.25) is 19.2 Å². The monoisotopic (exact) mass is 602 g/mol. The van der Waals surface area contributed by atoms with E-state index in [9.17, 15) is 19.2 Å². The second kappa shape index (κ2) is 10.1. The summed E-state index contributed by atoms with van der Waals surface area (Å²) in [6.07, 6.45) is 0.0955. The van der Waals surface area contributed by atoms with E-state index >= 15 is 0 Å². The van der Waals surface area contributed by atoms with Gasteiger partial charge in [-0.05, 0) is 42.5 Å². The molecule has 2 fully saturated rings. The van der Waals surface area contributed by atoms with Crippen LogP contribution >= 0.6 is 46.2 Å². The Morgan fingerprint density at radius 1 is 0.625 bits per heavy atom. The minimum Gasteiger partial charge on any atom is -0.274 e. The molecule has 2 aromatic heterocycles. The van der Waals surface area contributed by atoms with Crippen molar-refractivity contribution in [3.63, 3.8) is 0 Å². The number of thioether (sulfide) groups is 2. The minimum atomic E-state index is -0.596. The van der Waals surface area contributed by atoms with Crippen LogP contribution in [0.1, 0.15) is 12.8 Å². The minimum absolute atomic E-state index is 0.0477. The number of para-hydroxylation sites is 2. The molecule has 3 aromatic carbocycles. The first-order chi connectivity index (χ1) is 19.4. The number of amides is 4. The molecule has 0 aliphatic carbocycles. The quantitative estimate of drug-likeness (QED) is 0.227. The summed E-state index contributed by atoms with van der Waals surface area (Å²) in [6, 6.07) is 22.0. The molecule has 2 aliphatic rings. The number of imide groups is 2. The summed E-state index contributed by atoms with van der Waals surface area (Å²) >= 11 is 5.55. The van der Waals surface area contributed by atoms with Crippen molar-refractivity contribution in [3.05, 3.63) is 72.8 Å². The molecule has 4 heterocycles. The van der Waals surface area contributed by atoms with Gasteiger partial charge >= 0.3 is 0 Å². The van der Waals surface area contributed by atoms with E-state index < -0.39 is 10.5 Å². The molecular formula is C28H18N4O4S4. The van der Waals surface area contributed by atoms with Crippen LogP contribution in [0.5, 0.6) is 0 Å². The number of thiazole rings is 2. The number of rotatable bonds is 6. The average Bonchev–Trinajstić information content (AvgIpc) is 3.68. The summed E-state index contributed by atoms with van der Waals surface area (Å²) in [5.74, 6) is -1.34. The van der Waals surface area contributed by atoms with E-state index in [-0.39, 0.29) is 36.5 Å². The summed E-state index contributed by atoms with van der Waals surface area (Å²) in [7, 11) is 0. The molecule has 0 saturated carbocycles. The predicted molar refractivity (Wildman–Crippen MR) is 159 cm³/mol. The Bertz CT molecular complexity index is 1660. The smallest absolute Gasteiger partial charge is 0.247 e. The SMILES string of the molecule is O=C1C[C@H](Sc2nc3ccccc3s2)C(=O)N1c1cccc(N2C(=O)C[C@H](Sc3nc4ccccc4s3)C2=O)c1. The van der Waals surface area contributed by atoms with Gasteiger partial charge in [0.2, 0.25) is 23.6 Å². The van der Waals surface area contributed by atoms with Crippen LogP contribution in [0.15, 0.2) is 81.5 Å². The van der Waals surface area contributed by atoms with E-state index in [1.165, 1.54) is 46.2 Å². The number of carbonyl (C=O) groups excluding carboxylic acids is 4. The second-order valence-electron chi connectivity index (χ2n) is 9.17. The first-order valence-electron chi connectivity index (χ1n) is 12.3. The number of hydrogen-bond donors (Lipinski definition) is 0. The van der Waals surface area contributed by atoms with Gasteiger partial charge in [0.05, 0.1) is 31.8 Å². The third kappa shape index (κ3) is 4.50. The maximum Gasteiger partial charge on any atom is 0.247 e. The van der Waals surface area contributed by atoms with Gasteiger partial charge in [0.1, 0.15) is 10.5 Å². The Morgan fingerprint density at radius 3 is 1.52 bits per heavy atom. The Kier molecular flexibility index (Phi) is 6.42. The van der Waals surface area contributed by atoms with E-state index in [1.807, 2.05) is 48.5 Å². The molecule has 8 nitrogen and oxygen atoms in total. The van der Waals surface area contributed by atoms with Gasteiger partial charge in [0.15, 0.2) is 8.68 Å².